The van der Waals surface area contributed by atoms with Crippen molar-refractivity contribution in [2.45, 2.75) is 6.18 Å². The predicted octanol–water partition coefficient (Wildman–Crippen LogP) is 5.03. The second-order valence-corrected chi connectivity index (χ2v) is 8.61. The average molecular weight is 485 g/mol. The molecule has 0 amide bonds. The molecular weight excluding hydrogens is 468 g/mol. The van der Waals surface area contributed by atoms with Crippen LogP contribution in [0.3, 0.4) is 0 Å². The summed E-state index contributed by atoms with van der Waals surface area (Å²) < 4.78 is 77.2. The number of hydrogen-bond acceptors (Lipinski definition) is 5. The van der Waals surface area contributed by atoms with Crippen LogP contribution in [0.4, 0.5) is 29.1 Å². The first-order valence-electron chi connectivity index (χ1n) is 9.28. The first-order valence-corrected chi connectivity index (χ1v) is 11.5. The molecule has 3 aromatic rings. The third-order valence-electron chi connectivity index (χ3n) is 4.67. The van der Waals surface area contributed by atoms with E-state index < -0.39 is 29.1 Å². The van der Waals surface area contributed by atoms with E-state index in [4.69, 9.17) is 4.55 Å². The second kappa shape index (κ2) is 9.04. The predicted molar refractivity (Wildman–Crippen MR) is 117 cm³/mol. The van der Waals surface area contributed by atoms with Crippen molar-refractivity contribution >= 4 is 34.5 Å². The highest BCUT2D eigenvalue weighted by Crippen LogP contribution is 2.42. The van der Waals surface area contributed by atoms with E-state index in [0.717, 1.165) is 17.9 Å². The van der Waals surface area contributed by atoms with Gasteiger partial charge in [0.05, 0.1) is 17.1 Å². The molecule has 2 N–H and O–H groups in total. The third kappa shape index (κ3) is 4.87. The molecule has 1 atom stereocenters. The van der Waals surface area contributed by atoms with Crippen LogP contribution in [0.5, 0.6) is 0 Å². The van der Waals surface area contributed by atoms with Crippen LogP contribution in [0, 0.1) is 5.82 Å². The van der Waals surface area contributed by atoms with E-state index in [-0.39, 0.29) is 22.8 Å². The molecule has 1 saturated heterocycles. The first-order chi connectivity index (χ1) is 15.2. The van der Waals surface area contributed by atoms with Crippen molar-refractivity contribution in [2.24, 2.45) is 0 Å². The van der Waals surface area contributed by atoms with Gasteiger partial charge in [-0.3, -0.25) is 9.27 Å². The van der Waals surface area contributed by atoms with Crippen molar-refractivity contribution in [1.29, 1.82) is 0 Å². The third-order valence-corrected chi connectivity index (χ3v) is 6.05. The van der Waals surface area contributed by atoms with E-state index in [1.165, 1.54) is 18.2 Å². The fraction of sp³-hybridized carbons (Fsp3) is 0.200. The number of nitrogens with zero attached hydrogens (tertiary/aromatic N) is 3. The quantitative estimate of drug-likeness (QED) is 0.391. The van der Waals surface area contributed by atoms with Gasteiger partial charge in [0, 0.05) is 23.5 Å². The monoisotopic (exact) mass is 484 g/mol. The van der Waals surface area contributed by atoms with Gasteiger partial charge in [-0.1, -0.05) is 12.1 Å². The molecule has 0 aliphatic carbocycles. The van der Waals surface area contributed by atoms with Crippen LogP contribution in [0.15, 0.2) is 48.5 Å². The number of aromatic nitrogens is 2. The number of nitrogens with one attached hydrogen (secondary N) is 1. The Morgan fingerprint density at radius 1 is 1.09 bits per heavy atom. The SMILES string of the molecule is O=S(O)Nc1cccc(-c2c(-c3ccc(F)cc3)nc(C(F)(F)F)nc2N2CCSC2)c1. The molecule has 2 heterocycles. The lowest BCUT2D eigenvalue weighted by Gasteiger charge is -2.23. The lowest BCUT2D eigenvalue weighted by Crippen LogP contribution is -2.23. The average Bonchev–Trinajstić information content (AvgIpc) is 3.27. The van der Waals surface area contributed by atoms with E-state index in [1.807, 2.05) is 0 Å². The Bertz CT molecular complexity index is 1150. The van der Waals surface area contributed by atoms with Gasteiger partial charge >= 0.3 is 6.18 Å². The van der Waals surface area contributed by atoms with E-state index in [9.17, 15) is 21.8 Å². The van der Waals surface area contributed by atoms with Crippen LogP contribution >= 0.6 is 11.8 Å². The van der Waals surface area contributed by atoms with Crippen LogP contribution < -0.4 is 9.62 Å². The summed E-state index contributed by atoms with van der Waals surface area (Å²) in [6.07, 6.45) is -4.79. The largest absolute Gasteiger partial charge is 0.451 e. The Morgan fingerprint density at radius 2 is 1.84 bits per heavy atom. The van der Waals surface area contributed by atoms with E-state index in [1.54, 1.807) is 34.9 Å². The fourth-order valence-corrected chi connectivity index (χ4v) is 4.59. The van der Waals surface area contributed by atoms with E-state index in [0.29, 0.717) is 23.5 Å². The van der Waals surface area contributed by atoms with Crippen LogP contribution in [0.1, 0.15) is 5.82 Å². The topological polar surface area (TPSA) is 78.3 Å². The second-order valence-electron chi connectivity index (χ2n) is 6.83. The Balaban J connectivity index is 2.01. The van der Waals surface area contributed by atoms with Crippen molar-refractivity contribution in [2.75, 3.05) is 27.8 Å². The molecule has 0 saturated carbocycles. The number of thioether (sulfide) groups is 1. The number of anilines is 2. The van der Waals surface area contributed by atoms with Crippen molar-refractivity contribution in [1.82, 2.24) is 9.97 Å². The highest BCUT2D eigenvalue weighted by Gasteiger charge is 2.37. The molecule has 1 unspecified atom stereocenters. The van der Waals surface area contributed by atoms with Gasteiger partial charge < -0.3 is 4.90 Å². The Kier molecular flexibility index (Phi) is 6.35. The van der Waals surface area contributed by atoms with Gasteiger partial charge in [0.15, 0.2) is 0 Å². The van der Waals surface area contributed by atoms with Gasteiger partial charge in [-0.15, -0.1) is 11.8 Å². The van der Waals surface area contributed by atoms with Crippen LogP contribution in [-0.2, 0) is 17.4 Å². The molecule has 1 aliphatic rings. The smallest absolute Gasteiger partial charge is 0.346 e. The summed E-state index contributed by atoms with van der Waals surface area (Å²) in [5, 5.41) is 0. The molecule has 4 rings (SSSR count). The maximum atomic E-state index is 13.7. The van der Waals surface area contributed by atoms with E-state index in [2.05, 4.69) is 14.7 Å². The summed E-state index contributed by atoms with van der Waals surface area (Å²) in [6, 6.07) is 11.3. The molecule has 12 heteroatoms. The summed E-state index contributed by atoms with van der Waals surface area (Å²) in [5.74, 6) is -0.560. The number of hydrogen-bond donors (Lipinski definition) is 2. The number of benzene rings is 2. The van der Waals surface area contributed by atoms with Crippen LogP contribution in [0.2, 0.25) is 0 Å². The molecule has 2 aromatic carbocycles. The molecule has 0 radical (unpaired) electrons. The minimum absolute atomic E-state index is 0.0125. The minimum Gasteiger partial charge on any atom is -0.346 e. The van der Waals surface area contributed by atoms with Gasteiger partial charge in [-0.05, 0) is 42.0 Å². The van der Waals surface area contributed by atoms with Crippen molar-refractivity contribution < 1.29 is 26.3 Å². The standard InChI is InChI=1S/C20H16F4N4O2S2/c21-14-6-4-12(5-7-14)17-16(13-2-1-3-15(10-13)27-32(29)30)18(28-8-9-31-11-28)26-19(25-17)20(22,23)24/h1-7,10,27H,8-9,11H2,(H,29,30). The van der Waals surface area contributed by atoms with Gasteiger partial charge in [0.1, 0.15) is 11.6 Å². The molecule has 168 valence electrons. The van der Waals surface area contributed by atoms with Gasteiger partial charge in [-0.25, -0.2) is 18.6 Å². The normalized spacial score (nSPS) is 15.1. The zero-order valence-corrected chi connectivity index (χ0v) is 17.9. The molecule has 6 nitrogen and oxygen atoms in total. The Labute approximate surface area is 187 Å². The molecule has 0 spiro atoms. The fourth-order valence-electron chi connectivity index (χ4n) is 3.31. The molecule has 1 aliphatic heterocycles. The summed E-state index contributed by atoms with van der Waals surface area (Å²) >= 11 is -0.775. The molecule has 1 fully saturated rings. The van der Waals surface area contributed by atoms with Crippen LogP contribution in [-0.4, -0.2) is 36.9 Å². The summed E-state index contributed by atoms with van der Waals surface area (Å²) in [6.45, 7) is 0.493. The maximum Gasteiger partial charge on any atom is 0.451 e. The molecular formula is C20H16F4N4O2S2. The lowest BCUT2D eigenvalue weighted by atomic mass is 9.98. The zero-order valence-electron chi connectivity index (χ0n) is 16.3. The van der Waals surface area contributed by atoms with Gasteiger partial charge in [0.25, 0.3) is 11.3 Å². The Morgan fingerprint density at radius 3 is 2.47 bits per heavy atom. The van der Waals surface area contributed by atoms with Crippen molar-refractivity contribution in [3.63, 3.8) is 0 Å². The summed E-state index contributed by atoms with van der Waals surface area (Å²) in [5.41, 5.74) is 1.32. The minimum atomic E-state index is -4.79. The number of alkyl halides is 3. The maximum absolute atomic E-state index is 13.7. The molecule has 32 heavy (non-hydrogen) atoms. The highest BCUT2D eigenvalue weighted by molar-refractivity contribution is 7.99. The van der Waals surface area contributed by atoms with Gasteiger partial charge in [-0.2, -0.15) is 13.2 Å². The van der Waals surface area contributed by atoms with Crippen molar-refractivity contribution in [3.05, 3.63) is 60.2 Å². The van der Waals surface area contributed by atoms with Crippen LogP contribution in [0.25, 0.3) is 22.4 Å². The molecule has 0 bridgehead atoms. The summed E-state index contributed by atoms with van der Waals surface area (Å²) in [7, 11) is 0. The number of halogens is 4. The first kappa shape index (κ1) is 22.5. The van der Waals surface area contributed by atoms with E-state index >= 15 is 0 Å². The number of rotatable bonds is 5. The Hall–Kier alpha value is -2.70. The molecule has 1 aromatic heterocycles. The lowest BCUT2D eigenvalue weighted by molar-refractivity contribution is -0.144. The van der Waals surface area contributed by atoms with Crippen molar-refractivity contribution in [3.8, 4) is 22.4 Å². The summed E-state index contributed by atoms with van der Waals surface area (Å²) in [4.78, 5) is 9.42. The van der Waals surface area contributed by atoms with Gasteiger partial charge in [0.2, 0.25) is 5.82 Å². The zero-order chi connectivity index (χ0) is 22.9. The highest BCUT2D eigenvalue weighted by atomic mass is 32.2.